The summed E-state index contributed by atoms with van der Waals surface area (Å²) in [5.74, 6) is 1.06. The maximum atomic E-state index is 12.3. The van der Waals surface area contributed by atoms with E-state index >= 15 is 0 Å². The average molecular weight is 413 g/mol. The number of ether oxygens (including phenoxy) is 2. The van der Waals surface area contributed by atoms with E-state index in [4.69, 9.17) is 9.47 Å². The number of amides is 1. The van der Waals surface area contributed by atoms with Crippen LogP contribution in [0.25, 0.3) is 0 Å². The van der Waals surface area contributed by atoms with Crippen LogP contribution in [0, 0.1) is 5.41 Å². The quantitative estimate of drug-likeness (QED) is 0.585. The number of nitrogens with one attached hydrogen (secondary N) is 2. The monoisotopic (exact) mass is 412 g/mol. The molecule has 2 atom stereocenters. The Balaban J connectivity index is 1.95. The number of hydrogen-bond acceptors (Lipinski definition) is 4. The largest absolute Gasteiger partial charge is 0.490 e. The highest BCUT2D eigenvalue weighted by Crippen LogP contribution is 2.29. The van der Waals surface area contributed by atoms with E-state index < -0.39 is 0 Å². The van der Waals surface area contributed by atoms with Crippen LogP contribution in [0.2, 0.25) is 0 Å². The lowest BCUT2D eigenvalue weighted by Gasteiger charge is -2.28. The molecule has 0 aliphatic heterocycles. The summed E-state index contributed by atoms with van der Waals surface area (Å²) in [6, 6.07) is 16.0. The zero-order valence-corrected chi connectivity index (χ0v) is 19.1. The molecule has 2 aromatic rings. The molecule has 0 aliphatic rings. The van der Waals surface area contributed by atoms with Gasteiger partial charge in [-0.15, -0.1) is 0 Å². The highest BCUT2D eigenvalue weighted by atomic mass is 16.5. The van der Waals surface area contributed by atoms with Gasteiger partial charge in [0.1, 0.15) is 0 Å². The van der Waals surface area contributed by atoms with Crippen LogP contribution in [0.4, 0.5) is 0 Å². The van der Waals surface area contributed by atoms with Gasteiger partial charge in [-0.2, -0.15) is 0 Å². The first-order valence-electron chi connectivity index (χ1n) is 10.7. The summed E-state index contributed by atoms with van der Waals surface area (Å²) in [6.07, 6.45) is 0. The van der Waals surface area contributed by atoms with Gasteiger partial charge in [-0.05, 0) is 49.4 Å². The Labute approximate surface area is 181 Å². The lowest BCUT2D eigenvalue weighted by molar-refractivity contribution is -0.123. The highest BCUT2D eigenvalue weighted by molar-refractivity contribution is 5.78. The van der Waals surface area contributed by atoms with Crippen molar-refractivity contribution < 1.29 is 14.3 Å². The van der Waals surface area contributed by atoms with E-state index in [9.17, 15) is 4.79 Å². The zero-order valence-electron chi connectivity index (χ0n) is 19.1. The standard InChI is InChI=1S/C25H36N2O3/c1-7-29-23-15-20(16-26-19(3)25(4,5)6)13-14-22(23)30-17-24(28)27-18(2)21-11-9-8-10-12-21/h8-15,18-19,26H,7,16-17H2,1-6H3,(H,27,28). The fraction of sp³-hybridized carbons (Fsp3) is 0.480. The number of carbonyl (C=O) groups is 1. The predicted molar refractivity (Wildman–Crippen MR) is 122 cm³/mol. The molecule has 5 heteroatoms. The van der Waals surface area contributed by atoms with Crippen molar-refractivity contribution in [3.63, 3.8) is 0 Å². The van der Waals surface area contributed by atoms with Crippen LogP contribution in [0.1, 0.15) is 58.7 Å². The van der Waals surface area contributed by atoms with Crippen LogP contribution in [0.15, 0.2) is 48.5 Å². The molecule has 2 aromatic carbocycles. The Morgan fingerprint density at radius 3 is 2.33 bits per heavy atom. The van der Waals surface area contributed by atoms with Gasteiger partial charge in [0.15, 0.2) is 18.1 Å². The summed E-state index contributed by atoms with van der Waals surface area (Å²) >= 11 is 0. The van der Waals surface area contributed by atoms with Gasteiger partial charge in [0, 0.05) is 12.6 Å². The maximum Gasteiger partial charge on any atom is 0.258 e. The van der Waals surface area contributed by atoms with E-state index in [0.717, 1.165) is 17.7 Å². The van der Waals surface area contributed by atoms with Crippen molar-refractivity contribution in [1.29, 1.82) is 0 Å². The molecule has 1 amide bonds. The lowest BCUT2D eigenvalue weighted by atomic mass is 9.88. The first-order valence-corrected chi connectivity index (χ1v) is 10.7. The molecule has 0 heterocycles. The number of hydrogen-bond donors (Lipinski definition) is 2. The Morgan fingerprint density at radius 1 is 1.00 bits per heavy atom. The van der Waals surface area contributed by atoms with Gasteiger partial charge in [-0.1, -0.05) is 57.2 Å². The Hall–Kier alpha value is -2.53. The molecule has 30 heavy (non-hydrogen) atoms. The summed E-state index contributed by atoms with van der Waals surface area (Å²) in [5, 5.41) is 6.52. The van der Waals surface area contributed by atoms with Crippen molar-refractivity contribution in [2.45, 2.75) is 60.2 Å². The summed E-state index contributed by atoms with van der Waals surface area (Å²) in [7, 11) is 0. The van der Waals surface area contributed by atoms with Crippen LogP contribution in [-0.4, -0.2) is 25.2 Å². The third kappa shape index (κ3) is 7.38. The average Bonchev–Trinajstić information content (AvgIpc) is 2.71. The molecule has 0 radical (unpaired) electrons. The second-order valence-corrected chi connectivity index (χ2v) is 8.67. The van der Waals surface area contributed by atoms with Crippen molar-refractivity contribution in [3.8, 4) is 11.5 Å². The minimum absolute atomic E-state index is 0.0596. The second-order valence-electron chi connectivity index (χ2n) is 8.67. The summed E-state index contributed by atoms with van der Waals surface area (Å²) in [6.45, 7) is 14.0. The van der Waals surface area contributed by atoms with Gasteiger partial charge in [0.2, 0.25) is 0 Å². The molecule has 0 bridgehead atoms. The highest BCUT2D eigenvalue weighted by Gasteiger charge is 2.19. The van der Waals surface area contributed by atoms with Gasteiger partial charge in [0.25, 0.3) is 5.91 Å². The normalized spacial score (nSPS) is 13.4. The third-order valence-electron chi connectivity index (χ3n) is 5.26. The summed E-state index contributed by atoms with van der Waals surface area (Å²) in [4.78, 5) is 12.3. The Morgan fingerprint density at radius 2 is 1.70 bits per heavy atom. The predicted octanol–water partition coefficient (Wildman–Crippen LogP) is 4.87. The molecule has 2 N–H and O–H groups in total. The molecule has 0 fully saturated rings. The van der Waals surface area contributed by atoms with E-state index in [2.05, 4.69) is 38.3 Å². The molecule has 0 spiro atoms. The molecule has 2 unspecified atom stereocenters. The molecule has 0 saturated heterocycles. The van der Waals surface area contributed by atoms with Gasteiger partial charge in [-0.3, -0.25) is 4.79 Å². The van der Waals surface area contributed by atoms with Crippen molar-refractivity contribution in [1.82, 2.24) is 10.6 Å². The summed E-state index contributed by atoms with van der Waals surface area (Å²) < 4.78 is 11.5. The molecule has 164 valence electrons. The van der Waals surface area contributed by atoms with E-state index in [1.807, 2.05) is 62.4 Å². The fourth-order valence-corrected chi connectivity index (χ4v) is 2.88. The zero-order chi connectivity index (χ0) is 22.1. The second kappa shape index (κ2) is 11.0. The van der Waals surface area contributed by atoms with Gasteiger partial charge < -0.3 is 20.1 Å². The maximum absolute atomic E-state index is 12.3. The van der Waals surface area contributed by atoms with Gasteiger partial charge in [0.05, 0.1) is 12.6 Å². The van der Waals surface area contributed by atoms with Gasteiger partial charge >= 0.3 is 0 Å². The van der Waals surface area contributed by atoms with Crippen molar-refractivity contribution in [3.05, 3.63) is 59.7 Å². The molecular weight excluding hydrogens is 376 g/mol. The SMILES string of the molecule is CCOc1cc(CNC(C)C(C)(C)C)ccc1OCC(=O)NC(C)c1ccccc1. The number of benzene rings is 2. The van der Waals surface area contributed by atoms with Crippen LogP contribution in [0.3, 0.4) is 0 Å². The lowest BCUT2D eigenvalue weighted by Crippen LogP contribution is -2.37. The van der Waals surface area contributed by atoms with Crippen molar-refractivity contribution in [2.24, 2.45) is 5.41 Å². The van der Waals surface area contributed by atoms with E-state index in [-0.39, 0.29) is 24.0 Å². The molecule has 0 aromatic heterocycles. The van der Waals surface area contributed by atoms with Crippen LogP contribution in [0.5, 0.6) is 11.5 Å². The molecular formula is C25H36N2O3. The van der Waals surface area contributed by atoms with E-state index in [1.54, 1.807) is 0 Å². The molecule has 0 aliphatic carbocycles. The topological polar surface area (TPSA) is 59.6 Å². The number of carbonyl (C=O) groups excluding carboxylic acids is 1. The Kier molecular flexibility index (Phi) is 8.72. The molecule has 2 rings (SSSR count). The molecule has 5 nitrogen and oxygen atoms in total. The minimum atomic E-state index is -0.168. The van der Waals surface area contributed by atoms with Gasteiger partial charge in [-0.25, -0.2) is 0 Å². The smallest absolute Gasteiger partial charge is 0.258 e. The van der Waals surface area contributed by atoms with E-state index in [0.29, 0.717) is 24.1 Å². The van der Waals surface area contributed by atoms with Crippen molar-refractivity contribution in [2.75, 3.05) is 13.2 Å². The van der Waals surface area contributed by atoms with E-state index in [1.165, 1.54) is 0 Å². The third-order valence-corrected chi connectivity index (χ3v) is 5.26. The first kappa shape index (κ1) is 23.7. The van der Waals surface area contributed by atoms with Crippen LogP contribution in [-0.2, 0) is 11.3 Å². The van der Waals surface area contributed by atoms with Crippen LogP contribution >= 0.6 is 0 Å². The fourth-order valence-electron chi connectivity index (χ4n) is 2.88. The summed E-state index contributed by atoms with van der Waals surface area (Å²) in [5.41, 5.74) is 2.36. The molecule has 0 saturated carbocycles. The Bertz CT molecular complexity index is 800. The minimum Gasteiger partial charge on any atom is -0.490 e. The van der Waals surface area contributed by atoms with Crippen LogP contribution < -0.4 is 20.1 Å². The first-order chi connectivity index (χ1) is 14.2. The number of rotatable bonds is 10. The van der Waals surface area contributed by atoms with Crippen molar-refractivity contribution >= 4 is 5.91 Å².